The monoisotopic (exact) mass is 380 g/mol. The fraction of sp³-hybridized carbons (Fsp3) is 0.200. The number of hydrogen-bond acceptors (Lipinski definition) is 6. The van der Waals surface area contributed by atoms with Crippen LogP contribution in [0.15, 0.2) is 48.5 Å². The number of carbonyl (C=O) groups excluding carboxylic acids is 2. The number of rotatable bonds is 4. The van der Waals surface area contributed by atoms with Gasteiger partial charge >= 0.3 is 12.1 Å². The first-order valence-corrected chi connectivity index (χ1v) is 8.68. The van der Waals surface area contributed by atoms with Crippen LogP contribution < -0.4 is 10.1 Å². The lowest BCUT2D eigenvalue weighted by Crippen LogP contribution is -2.24. The molecule has 1 aromatic heterocycles. The Labute approximate surface area is 161 Å². The minimum absolute atomic E-state index is 0.0968. The zero-order valence-electron chi connectivity index (χ0n) is 15.7. The van der Waals surface area contributed by atoms with E-state index in [1.165, 1.54) is 11.5 Å². The molecule has 0 spiro atoms. The molecule has 0 aliphatic heterocycles. The Bertz CT molecular complexity index is 1060. The van der Waals surface area contributed by atoms with Crippen LogP contribution in [0.5, 0.6) is 5.75 Å². The summed E-state index contributed by atoms with van der Waals surface area (Å²) in [5.41, 5.74) is 1.63. The summed E-state index contributed by atoms with van der Waals surface area (Å²) >= 11 is 0. The summed E-state index contributed by atoms with van der Waals surface area (Å²) in [6.07, 6.45) is -0.985. The standard InChI is InChI=1S/C20H20N4O4/c1-12(2)27-20(26)23-19-22-16-9-4-5-10-17(16)24(19)18(21)28-15-8-6-7-14(11-15)13(3)25/h4-12,21H,1-3H3,(H,22,23,26). The summed E-state index contributed by atoms with van der Waals surface area (Å²) in [6, 6.07) is 13.4. The van der Waals surface area contributed by atoms with Crippen molar-refractivity contribution in [3.8, 4) is 5.75 Å². The number of ether oxygens (including phenoxy) is 2. The van der Waals surface area contributed by atoms with Gasteiger partial charge in [-0.1, -0.05) is 24.3 Å². The average Bonchev–Trinajstić information content (AvgIpc) is 2.98. The zero-order chi connectivity index (χ0) is 20.3. The van der Waals surface area contributed by atoms with Gasteiger partial charge in [-0.15, -0.1) is 0 Å². The van der Waals surface area contributed by atoms with Crippen molar-refractivity contribution in [2.45, 2.75) is 26.9 Å². The van der Waals surface area contributed by atoms with E-state index in [1.807, 2.05) is 0 Å². The van der Waals surface area contributed by atoms with Crippen molar-refractivity contribution in [2.75, 3.05) is 5.32 Å². The molecule has 0 aliphatic rings. The van der Waals surface area contributed by atoms with E-state index in [2.05, 4.69) is 10.3 Å². The number of hydrogen-bond donors (Lipinski definition) is 2. The number of amides is 1. The largest absolute Gasteiger partial charge is 0.447 e. The summed E-state index contributed by atoms with van der Waals surface area (Å²) in [7, 11) is 0. The minimum atomic E-state index is -0.682. The molecule has 1 heterocycles. The number of imidazole rings is 1. The number of nitrogens with zero attached hydrogens (tertiary/aromatic N) is 2. The number of anilines is 1. The molecule has 2 N–H and O–H groups in total. The summed E-state index contributed by atoms with van der Waals surface area (Å²) < 4.78 is 12.1. The van der Waals surface area contributed by atoms with E-state index in [0.29, 0.717) is 22.3 Å². The fourth-order valence-electron chi connectivity index (χ4n) is 2.59. The molecule has 3 rings (SSSR count). The van der Waals surface area contributed by atoms with Crippen LogP contribution >= 0.6 is 0 Å². The number of ketones is 1. The number of Topliss-reactive ketones (excluding diaryl/α,β-unsaturated/α-hetero) is 1. The number of benzene rings is 2. The number of fused-ring (bicyclic) bond motifs is 1. The molecule has 144 valence electrons. The maximum absolute atomic E-state index is 12.0. The van der Waals surface area contributed by atoms with Crippen LogP contribution in [0, 0.1) is 5.41 Å². The van der Waals surface area contributed by atoms with E-state index < -0.39 is 6.09 Å². The van der Waals surface area contributed by atoms with Gasteiger partial charge in [0.05, 0.1) is 17.1 Å². The van der Waals surface area contributed by atoms with Gasteiger partial charge in [0.1, 0.15) is 5.75 Å². The predicted octanol–water partition coefficient (Wildman–Crippen LogP) is 4.06. The van der Waals surface area contributed by atoms with Crippen LogP contribution in [0.1, 0.15) is 31.1 Å². The molecule has 0 unspecified atom stereocenters. The van der Waals surface area contributed by atoms with Gasteiger partial charge in [0.15, 0.2) is 5.78 Å². The lowest BCUT2D eigenvalue weighted by atomic mass is 10.1. The van der Waals surface area contributed by atoms with Crippen molar-refractivity contribution in [3.05, 3.63) is 54.1 Å². The third-order valence-electron chi connectivity index (χ3n) is 3.78. The SMILES string of the molecule is CC(=O)c1cccc(OC(=N)n2c(NC(=O)OC(C)C)nc3ccccc32)c1. The second-order valence-electron chi connectivity index (χ2n) is 6.33. The van der Waals surface area contributed by atoms with E-state index in [4.69, 9.17) is 14.9 Å². The van der Waals surface area contributed by atoms with Gasteiger partial charge in [0, 0.05) is 5.56 Å². The van der Waals surface area contributed by atoms with Crippen LogP contribution in [0.2, 0.25) is 0 Å². The van der Waals surface area contributed by atoms with Gasteiger partial charge in [-0.05, 0) is 45.0 Å². The highest BCUT2D eigenvalue weighted by molar-refractivity contribution is 5.96. The van der Waals surface area contributed by atoms with Gasteiger partial charge in [-0.2, -0.15) is 0 Å². The third-order valence-corrected chi connectivity index (χ3v) is 3.78. The molecule has 0 bridgehead atoms. The van der Waals surface area contributed by atoms with Gasteiger partial charge in [0.25, 0.3) is 0 Å². The highest BCUT2D eigenvalue weighted by Gasteiger charge is 2.19. The zero-order valence-corrected chi connectivity index (χ0v) is 15.7. The smallest absolute Gasteiger partial charge is 0.414 e. The topological polar surface area (TPSA) is 106 Å². The van der Waals surface area contributed by atoms with Crippen molar-refractivity contribution in [2.24, 2.45) is 0 Å². The Balaban J connectivity index is 1.95. The maximum atomic E-state index is 12.0. The van der Waals surface area contributed by atoms with E-state index in [0.717, 1.165) is 0 Å². The molecule has 2 aromatic carbocycles. The summed E-state index contributed by atoms with van der Waals surface area (Å²) in [5, 5.41) is 10.9. The van der Waals surface area contributed by atoms with Crippen LogP contribution in [-0.4, -0.2) is 33.6 Å². The first-order chi connectivity index (χ1) is 13.3. The minimum Gasteiger partial charge on any atom is -0.447 e. The molecule has 0 atom stereocenters. The molecule has 28 heavy (non-hydrogen) atoms. The van der Waals surface area contributed by atoms with Crippen molar-refractivity contribution in [3.63, 3.8) is 0 Å². The number of carbonyl (C=O) groups is 2. The van der Waals surface area contributed by atoms with Crippen LogP contribution in [0.4, 0.5) is 10.7 Å². The van der Waals surface area contributed by atoms with Crippen molar-refractivity contribution in [1.82, 2.24) is 9.55 Å². The molecule has 0 aliphatic carbocycles. The maximum Gasteiger partial charge on any atom is 0.414 e. The number of aromatic nitrogens is 2. The second-order valence-corrected chi connectivity index (χ2v) is 6.33. The molecule has 8 heteroatoms. The Morgan fingerprint density at radius 1 is 1.14 bits per heavy atom. The van der Waals surface area contributed by atoms with Crippen LogP contribution in [-0.2, 0) is 4.74 Å². The number of nitrogens with one attached hydrogen (secondary N) is 2. The summed E-state index contributed by atoms with van der Waals surface area (Å²) in [5.74, 6) is 0.314. The Morgan fingerprint density at radius 3 is 2.61 bits per heavy atom. The highest BCUT2D eigenvalue weighted by atomic mass is 16.6. The van der Waals surface area contributed by atoms with E-state index in [-0.39, 0.29) is 23.9 Å². The van der Waals surface area contributed by atoms with Gasteiger partial charge < -0.3 is 9.47 Å². The quantitative estimate of drug-likeness (QED) is 0.403. The molecular formula is C20H20N4O4. The first kappa shape index (κ1) is 19.1. The van der Waals surface area contributed by atoms with Crippen molar-refractivity contribution < 1.29 is 19.1 Å². The highest BCUT2D eigenvalue weighted by Crippen LogP contribution is 2.22. The average molecular weight is 380 g/mol. The summed E-state index contributed by atoms with van der Waals surface area (Å²) in [4.78, 5) is 27.9. The van der Waals surface area contributed by atoms with E-state index in [9.17, 15) is 9.59 Å². The Hall–Kier alpha value is -3.68. The number of para-hydroxylation sites is 2. The molecule has 0 radical (unpaired) electrons. The van der Waals surface area contributed by atoms with Crippen molar-refractivity contribution in [1.29, 1.82) is 5.41 Å². The second kappa shape index (κ2) is 7.91. The molecule has 8 nitrogen and oxygen atoms in total. The third kappa shape index (κ3) is 4.17. The summed E-state index contributed by atoms with van der Waals surface area (Å²) in [6.45, 7) is 4.92. The lowest BCUT2D eigenvalue weighted by molar-refractivity contribution is 0.101. The van der Waals surface area contributed by atoms with Crippen LogP contribution in [0.25, 0.3) is 11.0 Å². The van der Waals surface area contributed by atoms with Gasteiger partial charge in [-0.3, -0.25) is 15.5 Å². The van der Waals surface area contributed by atoms with Crippen molar-refractivity contribution >= 4 is 34.9 Å². The molecule has 0 saturated heterocycles. The first-order valence-electron chi connectivity index (χ1n) is 8.68. The molecule has 0 fully saturated rings. The predicted molar refractivity (Wildman–Crippen MR) is 105 cm³/mol. The molecular weight excluding hydrogens is 360 g/mol. The molecule has 0 saturated carbocycles. The van der Waals surface area contributed by atoms with Gasteiger partial charge in [0.2, 0.25) is 5.95 Å². The Kier molecular flexibility index (Phi) is 5.39. The van der Waals surface area contributed by atoms with Gasteiger partial charge in [-0.25, -0.2) is 14.3 Å². The van der Waals surface area contributed by atoms with E-state index >= 15 is 0 Å². The van der Waals surface area contributed by atoms with E-state index in [1.54, 1.807) is 62.4 Å². The fourth-order valence-corrected chi connectivity index (χ4v) is 2.59. The lowest BCUT2D eigenvalue weighted by Gasteiger charge is -2.13. The molecule has 1 amide bonds. The van der Waals surface area contributed by atoms with Crippen LogP contribution in [0.3, 0.4) is 0 Å². The normalized spacial score (nSPS) is 10.7. The Morgan fingerprint density at radius 2 is 1.89 bits per heavy atom. The molecule has 3 aromatic rings.